The fourth-order valence-electron chi connectivity index (χ4n) is 0.168. The largest absolute Gasteiger partial charge is 0.210 e. The molecule has 0 rings (SSSR count). The second kappa shape index (κ2) is 5.86. The number of nitrogens with zero attached hydrogens (tertiary/aromatic N) is 2. The van der Waals surface area contributed by atoms with Gasteiger partial charge in [0.2, 0.25) is 5.17 Å². The molecular formula is C2HCl5N2S. The van der Waals surface area contributed by atoms with E-state index in [9.17, 15) is 0 Å². The van der Waals surface area contributed by atoms with Crippen LogP contribution in [-0.4, -0.2) is 13.3 Å². The zero-order chi connectivity index (χ0) is 8.15. The number of hydrogen-bond donors (Lipinski definition) is 0. The van der Waals surface area contributed by atoms with Gasteiger partial charge in [-0.15, -0.1) is 4.51 Å². The van der Waals surface area contributed by atoms with Crippen LogP contribution in [0.1, 0.15) is 0 Å². The van der Waals surface area contributed by atoms with Gasteiger partial charge in [-0.3, -0.25) is 0 Å². The Morgan fingerprint density at radius 2 is 1.90 bits per heavy atom. The Morgan fingerprint density at radius 1 is 1.40 bits per heavy atom. The fourth-order valence-corrected chi connectivity index (χ4v) is 1.51. The topological polar surface area (TPSA) is 15.6 Å². The van der Waals surface area contributed by atoms with Crippen molar-refractivity contribution in [2.24, 2.45) is 4.51 Å². The van der Waals surface area contributed by atoms with Gasteiger partial charge in [0.05, 0.1) is 0 Å². The molecule has 0 aromatic heterocycles. The second-order valence-corrected chi connectivity index (χ2v) is 4.68. The molecule has 0 atom stereocenters. The molecule has 0 radical (unpaired) electrons. The molecule has 0 saturated carbocycles. The summed E-state index contributed by atoms with van der Waals surface area (Å²) in [7, 11) is 0. The van der Waals surface area contributed by atoms with Crippen molar-refractivity contribution in [3.63, 3.8) is 0 Å². The summed E-state index contributed by atoms with van der Waals surface area (Å²) >= 11 is 27.1. The maximum atomic E-state index is 5.34. The summed E-state index contributed by atoms with van der Waals surface area (Å²) in [6, 6.07) is 0. The molecular weight excluding hydrogens is 261 g/mol. The van der Waals surface area contributed by atoms with Crippen LogP contribution in [0, 0.1) is 0 Å². The van der Waals surface area contributed by atoms with Crippen molar-refractivity contribution in [1.82, 2.24) is 3.94 Å². The number of thioether (sulfide) groups is 1. The number of halogens is 5. The van der Waals surface area contributed by atoms with Crippen LogP contribution < -0.4 is 0 Å². The van der Waals surface area contributed by atoms with Gasteiger partial charge in [0.25, 0.3) is 0 Å². The molecule has 0 aliphatic heterocycles. The fraction of sp³-hybridized carbons (Fsp3) is 0.500. The molecule has 0 aromatic rings. The minimum atomic E-state index is -0.697. The maximum absolute atomic E-state index is 5.34. The van der Waals surface area contributed by atoms with Gasteiger partial charge in [-0.2, -0.15) is 3.94 Å². The van der Waals surface area contributed by atoms with E-state index in [1.54, 1.807) is 0 Å². The zero-order valence-electron chi connectivity index (χ0n) is 4.27. The highest BCUT2D eigenvalue weighted by Gasteiger charge is 2.11. The van der Waals surface area contributed by atoms with Crippen molar-refractivity contribution in [3.8, 4) is 0 Å². The summed E-state index contributed by atoms with van der Waals surface area (Å²) in [6.07, 6.45) is 0. The van der Waals surface area contributed by atoms with Gasteiger partial charge in [-0.05, 0) is 11.8 Å². The van der Waals surface area contributed by atoms with Gasteiger partial charge in [0, 0.05) is 35.3 Å². The van der Waals surface area contributed by atoms with E-state index >= 15 is 0 Å². The lowest BCUT2D eigenvalue weighted by Crippen LogP contribution is -2.07. The molecule has 2 nitrogen and oxygen atoms in total. The normalized spacial score (nSPS) is 12.4. The molecule has 0 aromatic carbocycles. The maximum Gasteiger partial charge on any atom is 0.210 e. The van der Waals surface area contributed by atoms with E-state index in [1.165, 1.54) is 0 Å². The summed E-state index contributed by atoms with van der Waals surface area (Å²) in [5.41, 5.74) is 0. The van der Waals surface area contributed by atoms with Crippen molar-refractivity contribution < 1.29 is 0 Å². The van der Waals surface area contributed by atoms with Crippen molar-refractivity contribution >= 4 is 75.5 Å². The molecule has 0 fully saturated rings. The molecule has 8 heteroatoms. The molecule has 0 amide bonds. The molecule has 0 spiro atoms. The first-order valence-corrected chi connectivity index (χ1v) is 4.60. The van der Waals surface area contributed by atoms with Crippen LogP contribution in [0.2, 0.25) is 0 Å². The smallest absolute Gasteiger partial charge is 0.167 e. The highest BCUT2D eigenvalue weighted by atomic mass is 35.5. The second-order valence-electron chi connectivity index (χ2n) is 0.979. The molecule has 0 heterocycles. The quantitative estimate of drug-likeness (QED) is 0.310. The zero-order valence-corrected chi connectivity index (χ0v) is 8.87. The first-order chi connectivity index (χ1) is 4.57. The van der Waals surface area contributed by atoms with Gasteiger partial charge >= 0.3 is 0 Å². The van der Waals surface area contributed by atoms with Crippen LogP contribution in [-0.2, 0) is 0 Å². The number of hydrogen-bond acceptors (Lipinski definition) is 2. The van der Waals surface area contributed by atoms with Gasteiger partial charge in [-0.25, -0.2) is 0 Å². The number of amidine groups is 1. The lowest BCUT2D eigenvalue weighted by Gasteiger charge is -2.06. The third-order valence-electron chi connectivity index (χ3n) is 0.411. The van der Waals surface area contributed by atoms with Crippen molar-refractivity contribution in [2.45, 2.75) is 4.17 Å². The minimum Gasteiger partial charge on any atom is -0.167 e. The van der Waals surface area contributed by atoms with Gasteiger partial charge in [-0.1, -0.05) is 23.2 Å². The lowest BCUT2D eigenvalue weighted by atomic mass is 11.4. The Labute approximate surface area is 87.7 Å². The summed E-state index contributed by atoms with van der Waals surface area (Å²) < 4.78 is 3.15. The third kappa shape index (κ3) is 4.99. The molecule has 0 bridgehead atoms. The van der Waals surface area contributed by atoms with Crippen molar-refractivity contribution in [3.05, 3.63) is 0 Å². The molecule has 0 N–H and O–H groups in total. The molecule has 10 heavy (non-hydrogen) atoms. The average Bonchev–Trinajstić information content (AvgIpc) is 1.81. The van der Waals surface area contributed by atoms with Gasteiger partial charge in [0.15, 0.2) is 4.17 Å². The standard InChI is InChI=1S/C2HCl5N2S/c3-1(4)10-2(8-5)9(6)7/h1H. The van der Waals surface area contributed by atoms with Crippen molar-refractivity contribution in [2.75, 3.05) is 0 Å². The molecule has 0 aliphatic rings. The minimum absolute atomic E-state index is 0.125. The predicted molar refractivity (Wildman–Crippen MR) is 49.9 cm³/mol. The average molecular weight is 262 g/mol. The SMILES string of the molecule is ClN=C(SC(Cl)Cl)N(Cl)Cl. The summed E-state index contributed by atoms with van der Waals surface area (Å²) in [6.45, 7) is 0. The van der Waals surface area contributed by atoms with E-state index in [2.05, 4.69) is 4.51 Å². The predicted octanol–water partition coefficient (Wildman–Crippen LogP) is 3.60. The monoisotopic (exact) mass is 260 g/mol. The van der Waals surface area contributed by atoms with E-state index in [1.807, 2.05) is 0 Å². The van der Waals surface area contributed by atoms with Crippen LogP contribution in [0.3, 0.4) is 0 Å². The van der Waals surface area contributed by atoms with E-state index < -0.39 is 4.17 Å². The molecule has 0 aliphatic carbocycles. The third-order valence-corrected chi connectivity index (χ3v) is 2.39. The Bertz CT molecular complexity index is 125. The summed E-state index contributed by atoms with van der Waals surface area (Å²) in [4.78, 5) is 0. The van der Waals surface area contributed by atoms with E-state index in [0.29, 0.717) is 3.94 Å². The summed E-state index contributed by atoms with van der Waals surface area (Å²) in [5.74, 6) is 0. The molecule has 0 unspecified atom stereocenters. The number of alkyl halides is 2. The van der Waals surface area contributed by atoms with E-state index in [-0.39, 0.29) is 5.17 Å². The van der Waals surface area contributed by atoms with Crippen LogP contribution in [0.4, 0.5) is 0 Å². The molecule has 60 valence electrons. The van der Waals surface area contributed by atoms with Crippen LogP contribution in [0.5, 0.6) is 0 Å². The van der Waals surface area contributed by atoms with Crippen LogP contribution >= 0.6 is 70.3 Å². The Balaban J connectivity index is 3.86. The van der Waals surface area contributed by atoms with Gasteiger partial charge in [0.1, 0.15) is 0 Å². The highest BCUT2D eigenvalue weighted by molar-refractivity contribution is 8.16. The van der Waals surface area contributed by atoms with Crippen molar-refractivity contribution in [1.29, 1.82) is 0 Å². The first-order valence-electron chi connectivity index (χ1n) is 1.83. The molecule has 0 saturated heterocycles. The summed E-state index contributed by atoms with van der Waals surface area (Å²) in [5, 5.41) is 0.125. The Kier molecular flexibility index (Phi) is 6.61. The van der Waals surface area contributed by atoms with Gasteiger partial charge < -0.3 is 0 Å². The Morgan fingerprint density at radius 3 is 2.00 bits per heavy atom. The highest BCUT2D eigenvalue weighted by Crippen LogP contribution is 2.25. The Hall–Kier alpha value is 1.27. The first kappa shape index (κ1) is 11.3. The van der Waals surface area contributed by atoms with E-state index in [0.717, 1.165) is 11.8 Å². The van der Waals surface area contributed by atoms with Crippen LogP contribution in [0.15, 0.2) is 4.51 Å². The van der Waals surface area contributed by atoms with Crippen LogP contribution in [0.25, 0.3) is 0 Å². The lowest BCUT2D eigenvalue weighted by molar-refractivity contribution is 1.11. The van der Waals surface area contributed by atoms with E-state index in [4.69, 9.17) is 58.5 Å². The number of rotatable bonds is 1.